The number of benzene rings is 2. The van der Waals surface area contributed by atoms with Crippen molar-refractivity contribution >= 4 is 23.3 Å². The molecule has 2 aromatic rings. The number of nitrogens with zero attached hydrogens (tertiary/aromatic N) is 1. The van der Waals surface area contributed by atoms with Gasteiger partial charge in [0.15, 0.2) is 0 Å². The van der Waals surface area contributed by atoms with Crippen LogP contribution in [0.4, 0.5) is 10.5 Å². The summed E-state index contributed by atoms with van der Waals surface area (Å²) in [5.74, 6) is 0. The minimum atomic E-state index is -0.287. The van der Waals surface area contributed by atoms with Gasteiger partial charge in [0.2, 0.25) is 0 Å². The van der Waals surface area contributed by atoms with Crippen molar-refractivity contribution in [3.8, 4) is 0 Å². The maximum Gasteiger partial charge on any atom is 0.322 e. The first kappa shape index (κ1) is 14.9. The summed E-state index contributed by atoms with van der Waals surface area (Å²) in [7, 11) is 1.79. The molecule has 1 saturated carbocycles. The van der Waals surface area contributed by atoms with Crippen molar-refractivity contribution in [2.24, 2.45) is 0 Å². The summed E-state index contributed by atoms with van der Waals surface area (Å²) in [6.07, 6.45) is 3.01. The summed E-state index contributed by atoms with van der Waals surface area (Å²) in [6.45, 7) is 0. The van der Waals surface area contributed by atoms with Crippen LogP contribution in [0.15, 0.2) is 54.6 Å². The highest BCUT2D eigenvalue weighted by atomic mass is 35.5. The lowest BCUT2D eigenvalue weighted by molar-refractivity contribution is 0.182. The van der Waals surface area contributed by atoms with E-state index in [2.05, 4.69) is 5.32 Å². The zero-order chi connectivity index (χ0) is 15.6. The van der Waals surface area contributed by atoms with E-state index in [4.69, 9.17) is 11.6 Å². The molecule has 114 valence electrons. The molecule has 0 saturated heterocycles. The van der Waals surface area contributed by atoms with Gasteiger partial charge < -0.3 is 5.32 Å². The Morgan fingerprint density at radius 2 is 1.86 bits per heavy atom. The second kappa shape index (κ2) is 6.01. The molecule has 0 spiro atoms. The molecule has 0 radical (unpaired) electrons. The number of carbonyl (C=O) groups is 1. The van der Waals surface area contributed by atoms with E-state index in [0.717, 1.165) is 30.5 Å². The molecule has 1 fully saturated rings. The molecule has 2 aromatic carbocycles. The maximum atomic E-state index is 12.6. The number of urea groups is 1. The number of anilines is 1. The Hall–Kier alpha value is -2.00. The Bertz CT molecular complexity index is 668. The number of para-hydroxylation sites is 1. The molecule has 3 rings (SSSR count). The number of hydrogen-bond acceptors (Lipinski definition) is 1. The van der Waals surface area contributed by atoms with Crippen LogP contribution in [0, 0.1) is 0 Å². The lowest BCUT2D eigenvalue weighted by Crippen LogP contribution is -2.54. The van der Waals surface area contributed by atoms with Gasteiger partial charge in [-0.2, -0.15) is 0 Å². The Labute approximate surface area is 135 Å². The standard InChI is InChI=1S/C18H19ClN2O/c1-21(16-9-3-2-4-10-16)17(22)20-18(11-6-12-18)14-7-5-8-15(19)13-14/h2-5,7-10,13H,6,11-12H2,1H3,(H,20,22). The fraction of sp³-hybridized carbons (Fsp3) is 0.278. The zero-order valence-corrected chi connectivity index (χ0v) is 13.3. The van der Waals surface area contributed by atoms with Crippen molar-refractivity contribution in [2.75, 3.05) is 11.9 Å². The second-order valence-corrected chi connectivity index (χ2v) is 6.21. The van der Waals surface area contributed by atoms with E-state index in [1.54, 1.807) is 11.9 Å². The third kappa shape index (κ3) is 2.81. The smallest absolute Gasteiger partial charge is 0.322 e. The molecule has 0 bridgehead atoms. The third-order valence-corrected chi connectivity index (χ3v) is 4.61. The molecule has 1 N–H and O–H groups in total. The Kier molecular flexibility index (Phi) is 4.08. The Morgan fingerprint density at radius 1 is 1.14 bits per heavy atom. The Morgan fingerprint density at radius 3 is 2.45 bits per heavy atom. The molecule has 2 amide bonds. The van der Waals surface area contributed by atoms with Crippen molar-refractivity contribution in [3.63, 3.8) is 0 Å². The van der Waals surface area contributed by atoms with Crippen LogP contribution in [0.3, 0.4) is 0 Å². The van der Waals surface area contributed by atoms with Crippen molar-refractivity contribution in [3.05, 3.63) is 65.2 Å². The highest BCUT2D eigenvalue weighted by Crippen LogP contribution is 2.42. The number of halogens is 1. The van der Waals surface area contributed by atoms with Gasteiger partial charge in [-0.3, -0.25) is 4.90 Å². The predicted molar refractivity (Wildman–Crippen MR) is 90.4 cm³/mol. The minimum Gasteiger partial charge on any atom is -0.328 e. The average Bonchev–Trinajstić information content (AvgIpc) is 2.50. The van der Waals surface area contributed by atoms with Crippen molar-refractivity contribution in [1.29, 1.82) is 0 Å². The first-order valence-electron chi connectivity index (χ1n) is 7.48. The SMILES string of the molecule is CN(C(=O)NC1(c2cccc(Cl)c2)CCC1)c1ccccc1. The Balaban J connectivity index is 1.80. The van der Waals surface area contributed by atoms with E-state index < -0.39 is 0 Å². The van der Waals surface area contributed by atoms with Crippen LogP contribution in [0.5, 0.6) is 0 Å². The maximum absolute atomic E-state index is 12.6. The van der Waals surface area contributed by atoms with Crippen LogP contribution in [0.1, 0.15) is 24.8 Å². The monoisotopic (exact) mass is 314 g/mol. The fourth-order valence-corrected chi connectivity index (χ4v) is 3.05. The molecular formula is C18H19ClN2O. The molecule has 0 atom stereocenters. The van der Waals surface area contributed by atoms with Gasteiger partial charge >= 0.3 is 6.03 Å². The number of hydrogen-bond donors (Lipinski definition) is 1. The van der Waals surface area contributed by atoms with Gasteiger partial charge in [-0.05, 0) is 49.1 Å². The van der Waals surface area contributed by atoms with Gasteiger partial charge in [0.1, 0.15) is 0 Å². The van der Waals surface area contributed by atoms with Crippen molar-refractivity contribution in [2.45, 2.75) is 24.8 Å². The predicted octanol–water partition coefficient (Wildman–Crippen LogP) is 4.57. The van der Waals surface area contributed by atoms with Crippen LogP contribution in [0.2, 0.25) is 5.02 Å². The number of carbonyl (C=O) groups excluding carboxylic acids is 1. The summed E-state index contributed by atoms with van der Waals surface area (Å²) in [5, 5.41) is 3.90. The second-order valence-electron chi connectivity index (χ2n) is 5.77. The fourth-order valence-electron chi connectivity index (χ4n) is 2.86. The minimum absolute atomic E-state index is 0.0918. The molecule has 4 heteroatoms. The molecule has 0 aliphatic heterocycles. The van der Waals surface area contributed by atoms with Crippen LogP contribution in [-0.4, -0.2) is 13.1 Å². The van der Waals surface area contributed by atoms with E-state index in [-0.39, 0.29) is 11.6 Å². The highest BCUT2D eigenvalue weighted by molar-refractivity contribution is 6.30. The van der Waals surface area contributed by atoms with Crippen molar-refractivity contribution in [1.82, 2.24) is 5.32 Å². The van der Waals surface area contributed by atoms with Gasteiger partial charge in [-0.1, -0.05) is 41.9 Å². The van der Waals surface area contributed by atoms with Gasteiger partial charge in [0.05, 0.1) is 5.54 Å². The summed E-state index contributed by atoms with van der Waals surface area (Å²) >= 11 is 6.10. The number of amides is 2. The largest absolute Gasteiger partial charge is 0.328 e. The molecule has 22 heavy (non-hydrogen) atoms. The summed E-state index contributed by atoms with van der Waals surface area (Å²) in [5.41, 5.74) is 1.67. The zero-order valence-electron chi connectivity index (χ0n) is 12.6. The normalized spacial score (nSPS) is 15.7. The topological polar surface area (TPSA) is 32.3 Å². The van der Waals surface area contributed by atoms with Crippen molar-refractivity contribution < 1.29 is 4.79 Å². The van der Waals surface area contributed by atoms with E-state index in [0.29, 0.717) is 5.02 Å². The van der Waals surface area contributed by atoms with Crippen LogP contribution >= 0.6 is 11.6 Å². The lowest BCUT2D eigenvalue weighted by atomic mass is 9.72. The summed E-state index contributed by atoms with van der Waals surface area (Å²) in [6, 6.07) is 17.3. The quantitative estimate of drug-likeness (QED) is 0.884. The van der Waals surface area contributed by atoms with Crippen LogP contribution in [-0.2, 0) is 5.54 Å². The van der Waals surface area contributed by atoms with Crippen LogP contribution < -0.4 is 10.2 Å². The van der Waals surface area contributed by atoms with E-state index in [1.165, 1.54) is 0 Å². The van der Waals surface area contributed by atoms with E-state index >= 15 is 0 Å². The molecule has 1 aliphatic carbocycles. The van der Waals surface area contributed by atoms with Gasteiger partial charge in [0, 0.05) is 17.8 Å². The van der Waals surface area contributed by atoms with Crippen LogP contribution in [0.25, 0.3) is 0 Å². The molecule has 3 nitrogen and oxygen atoms in total. The average molecular weight is 315 g/mol. The van der Waals surface area contributed by atoms with Gasteiger partial charge in [0.25, 0.3) is 0 Å². The van der Waals surface area contributed by atoms with Gasteiger partial charge in [-0.15, -0.1) is 0 Å². The summed E-state index contributed by atoms with van der Waals surface area (Å²) < 4.78 is 0. The molecule has 1 aliphatic rings. The lowest BCUT2D eigenvalue weighted by Gasteiger charge is -2.44. The van der Waals surface area contributed by atoms with E-state index in [9.17, 15) is 4.79 Å². The molecular weight excluding hydrogens is 296 g/mol. The molecule has 0 unspecified atom stereocenters. The summed E-state index contributed by atoms with van der Waals surface area (Å²) in [4.78, 5) is 14.2. The van der Waals surface area contributed by atoms with E-state index in [1.807, 2.05) is 54.6 Å². The first-order valence-corrected chi connectivity index (χ1v) is 7.85. The molecule has 0 heterocycles. The molecule has 0 aromatic heterocycles. The first-order chi connectivity index (χ1) is 10.6. The third-order valence-electron chi connectivity index (χ3n) is 4.38. The van der Waals surface area contributed by atoms with Gasteiger partial charge in [-0.25, -0.2) is 4.79 Å². The number of nitrogens with one attached hydrogen (secondary N) is 1. The number of rotatable bonds is 3. The highest BCUT2D eigenvalue weighted by Gasteiger charge is 2.40.